The molecule has 2 aromatic carbocycles. The normalized spacial score (nSPS) is 12.9. The Morgan fingerprint density at radius 1 is 0.900 bits per heavy atom. The number of benzene rings is 2. The topological polar surface area (TPSA) is 43.4 Å². The van der Waals surface area contributed by atoms with Crippen LogP contribution < -0.4 is 4.74 Å². The fourth-order valence-electron chi connectivity index (χ4n) is 2.70. The van der Waals surface area contributed by atoms with Crippen molar-refractivity contribution in [1.82, 2.24) is 0 Å². The van der Waals surface area contributed by atoms with Gasteiger partial charge < -0.3 is 4.74 Å². The highest BCUT2D eigenvalue weighted by Crippen LogP contribution is 2.36. The van der Waals surface area contributed by atoms with E-state index in [-0.39, 0.29) is 11.6 Å². The van der Waals surface area contributed by atoms with Crippen molar-refractivity contribution in [2.45, 2.75) is 13.8 Å². The molecule has 2 aromatic rings. The molecular weight excluding hydrogens is 252 g/mol. The molecule has 100 valence electrons. The predicted molar refractivity (Wildman–Crippen MR) is 75.8 cm³/mol. The molecular formula is C17H14O3. The Balaban J connectivity index is 2.39. The number of ketones is 2. The molecule has 3 rings (SSSR count). The fraction of sp³-hybridized carbons (Fsp3) is 0.176. The molecule has 1 aliphatic rings. The summed E-state index contributed by atoms with van der Waals surface area (Å²) in [5.41, 5.74) is 3.59. The summed E-state index contributed by atoms with van der Waals surface area (Å²) < 4.78 is 5.38. The molecule has 0 saturated carbocycles. The Kier molecular flexibility index (Phi) is 2.71. The van der Waals surface area contributed by atoms with Gasteiger partial charge in [-0.25, -0.2) is 0 Å². The van der Waals surface area contributed by atoms with Gasteiger partial charge in [-0.05, 0) is 31.0 Å². The molecule has 0 atom stereocenters. The summed E-state index contributed by atoms with van der Waals surface area (Å²) in [4.78, 5) is 25.2. The van der Waals surface area contributed by atoms with E-state index in [1.165, 1.54) is 7.11 Å². The Morgan fingerprint density at radius 2 is 1.50 bits per heavy atom. The van der Waals surface area contributed by atoms with Crippen molar-refractivity contribution in [2.75, 3.05) is 7.11 Å². The van der Waals surface area contributed by atoms with Gasteiger partial charge in [0.2, 0.25) is 0 Å². The lowest BCUT2D eigenvalue weighted by Crippen LogP contribution is -2.22. The van der Waals surface area contributed by atoms with Gasteiger partial charge in [0.15, 0.2) is 11.6 Å². The van der Waals surface area contributed by atoms with Crippen LogP contribution in [-0.2, 0) is 0 Å². The smallest absolute Gasteiger partial charge is 0.198 e. The summed E-state index contributed by atoms with van der Waals surface area (Å²) in [6, 6.07) is 8.70. The molecule has 3 heteroatoms. The van der Waals surface area contributed by atoms with E-state index in [9.17, 15) is 9.59 Å². The van der Waals surface area contributed by atoms with Crippen molar-refractivity contribution in [3.8, 4) is 5.75 Å². The van der Waals surface area contributed by atoms with Crippen LogP contribution in [0.1, 0.15) is 43.0 Å². The summed E-state index contributed by atoms with van der Waals surface area (Å²) in [6.07, 6.45) is 0. The van der Waals surface area contributed by atoms with Gasteiger partial charge in [0.25, 0.3) is 0 Å². The molecule has 0 aliphatic heterocycles. The Morgan fingerprint density at radius 3 is 2.10 bits per heavy atom. The van der Waals surface area contributed by atoms with Crippen molar-refractivity contribution in [1.29, 1.82) is 0 Å². The van der Waals surface area contributed by atoms with E-state index >= 15 is 0 Å². The maximum Gasteiger partial charge on any atom is 0.198 e. The summed E-state index contributed by atoms with van der Waals surface area (Å²) in [5, 5.41) is 0. The van der Waals surface area contributed by atoms with Crippen LogP contribution >= 0.6 is 0 Å². The Hall–Kier alpha value is -2.42. The number of fused-ring (bicyclic) bond motifs is 2. The molecule has 0 unspecified atom stereocenters. The lowest BCUT2D eigenvalue weighted by Gasteiger charge is -2.22. The van der Waals surface area contributed by atoms with Crippen LogP contribution in [-0.4, -0.2) is 18.7 Å². The first-order valence-electron chi connectivity index (χ1n) is 6.43. The molecule has 3 nitrogen and oxygen atoms in total. The van der Waals surface area contributed by atoms with Crippen LogP contribution in [0.4, 0.5) is 0 Å². The van der Waals surface area contributed by atoms with Crippen LogP contribution in [0.2, 0.25) is 0 Å². The standard InChI is InChI=1S/C17H14O3/c1-9-8-13-14(17(20-3)10(9)2)16(19)12-7-5-4-6-11(12)15(13)18/h4-8H,1-3H3. The molecule has 0 saturated heterocycles. The number of methoxy groups -OCH3 is 1. The number of carbonyl (C=O) groups is 2. The van der Waals surface area contributed by atoms with E-state index in [0.717, 1.165) is 11.1 Å². The highest BCUT2D eigenvalue weighted by molar-refractivity contribution is 6.29. The van der Waals surface area contributed by atoms with Crippen LogP contribution in [0.25, 0.3) is 0 Å². The van der Waals surface area contributed by atoms with Gasteiger partial charge in [0.1, 0.15) is 5.75 Å². The number of rotatable bonds is 1. The number of hydrogen-bond acceptors (Lipinski definition) is 3. The van der Waals surface area contributed by atoms with Crippen LogP contribution in [0.5, 0.6) is 5.75 Å². The van der Waals surface area contributed by atoms with E-state index in [2.05, 4.69) is 0 Å². The first-order valence-corrected chi connectivity index (χ1v) is 6.43. The highest BCUT2D eigenvalue weighted by Gasteiger charge is 2.33. The Labute approximate surface area is 117 Å². The maximum atomic E-state index is 12.7. The third-order valence-corrected chi connectivity index (χ3v) is 3.88. The molecule has 0 bridgehead atoms. The second-order valence-electron chi connectivity index (χ2n) is 4.98. The fourth-order valence-corrected chi connectivity index (χ4v) is 2.70. The SMILES string of the molecule is COc1c(C)c(C)cc2c1C(=O)c1ccccc1C2=O. The first kappa shape index (κ1) is 12.6. The maximum absolute atomic E-state index is 12.7. The third-order valence-electron chi connectivity index (χ3n) is 3.88. The minimum absolute atomic E-state index is 0.114. The molecule has 0 spiro atoms. The second kappa shape index (κ2) is 4.30. The van der Waals surface area contributed by atoms with Gasteiger partial charge in [-0.2, -0.15) is 0 Å². The monoisotopic (exact) mass is 266 g/mol. The molecule has 0 radical (unpaired) electrons. The van der Waals surface area contributed by atoms with Gasteiger partial charge in [0, 0.05) is 16.7 Å². The molecule has 1 aliphatic carbocycles. The quantitative estimate of drug-likeness (QED) is 0.679. The average Bonchev–Trinajstić information content (AvgIpc) is 2.47. The van der Waals surface area contributed by atoms with Gasteiger partial charge in [-0.1, -0.05) is 24.3 Å². The lowest BCUT2D eigenvalue weighted by molar-refractivity contribution is 0.0976. The summed E-state index contributed by atoms with van der Waals surface area (Å²) in [5.74, 6) is 0.250. The van der Waals surface area contributed by atoms with Crippen molar-refractivity contribution in [2.24, 2.45) is 0 Å². The summed E-state index contributed by atoms with van der Waals surface area (Å²) >= 11 is 0. The van der Waals surface area contributed by atoms with Crippen LogP contribution in [0.15, 0.2) is 30.3 Å². The van der Waals surface area contributed by atoms with Gasteiger partial charge in [0.05, 0.1) is 12.7 Å². The number of hydrogen-bond donors (Lipinski definition) is 0. The second-order valence-corrected chi connectivity index (χ2v) is 4.98. The molecule has 0 amide bonds. The predicted octanol–water partition coefficient (Wildman–Crippen LogP) is 3.09. The minimum Gasteiger partial charge on any atom is -0.496 e. The largest absolute Gasteiger partial charge is 0.496 e. The Bertz CT molecular complexity index is 757. The molecule has 0 fully saturated rings. The first-order chi connectivity index (χ1) is 9.56. The summed E-state index contributed by atoms with van der Waals surface area (Å²) in [6.45, 7) is 3.81. The van der Waals surface area contributed by atoms with E-state index in [0.29, 0.717) is 28.0 Å². The zero-order valence-electron chi connectivity index (χ0n) is 11.6. The lowest BCUT2D eigenvalue weighted by atomic mass is 9.81. The van der Waals surface area contributed by atoms with Crippen LogP contribution in [0, 0.1) is 13.8 Å². The minimum atomic E-state index is -0.143. The highest BCUT2D eigenvalue weighted by atomic mass is 16.5. The zero-order chi connectivity index (χ0) is 14.4. The molecule has 20 heavy (non-hydrogen) atoms. The van der Waals surface area contributed by atoms with E-state index in [4.69, 9.17) is 4.74 Å². The molecule has 0 N–H and O–H groups in total. The zero-order valence-corrected chi connectivity index (χ0v) is 11.6. The van der Waals surface area contributed by atoms with Crippen molar-refractivity contribution in [3.63, 3.8) is 0 Å². The number of aryl methyl sites for hydroxylation is 1. The van der Waals surface area contributed by atoms with E-state index < -0.39 is 0 Å². The van der Waals surface area contributed by atoms with Crippen LogP contribution in [0.3, 0.4) is 0 Å². The van der Waals surface area contributed by atoms with E-state index in [1.54, 1.807) is 30.3 Å². The van der Waals surface area contributed by atoms with Crippen molar-refractivity contribution >= 4 is 11.6 Å². The van der Waals surface area contributed by atoms with Gasteiger partial charge in [-0.3, -0.25) is 9.59 Å². The van der Waals surface area contributed by atoms with Gasteiger partial charge in [-0.15, -0.1) is 0 Å². The van der Waals surface area contributed by atoms with E-state index in [1.807, 2.05) is 13.8 Å². The molecule has 0 heterocycles. The molecule has 0 aromatic heterocycles. The van der Waals surface area contributed by atoms with Crippen molar-refractivity contribution in [3.05, 3.63) is 63.7 Å². The third kappa shape index (κ3) is 1.53. The van der Waals surface area contributed by atoms with Crippen molar-refractivity contribution < 1.29 is 14.3 Å². The van der Waals surface area contributed by atoms with Gasteiger partial charge >= 0.3 is 0 Å². The number of ether oxygens (including phenoxy) is 1. The summed E-state index contributed by atoms with van der Waals surface area (Å²) in [7, 11) is 1.53. The average molecular weight is 266 g/mol. The number of carbonyl (C=O) groups excluding carboxylic acids is 2.